The van der Waals surface area contributed by atoms with Crippen LogP contribution < -0.4 is 4.90 Å². The van der Waals surface area contributed by atoms with Crippen molar-refractivity contribution in [3.8, 4) is 22.6 Å². The number of halogens is 1. The summed E-state index contributed by atoms with van der Waals surface area (Å²) in [4.78, 5) is 19.4. The molecule has 36 heavy (non-hydrogen) atoms. The number of amides is 1. The van der Waals surface area contributed by atoms with Gasteiger partial charge in [0.15, 0.2) is 0 Å². The Labute approximate surface area is 202 Å². The molecule has 2 bridgehead atoms. The third-order valence-electron chi connectivity index (χ3n) is 6.58. The van der Waals surface area contributed by atoms with Crippen LogP contribution in [0.3, 0.4) is 0 Å². The molecule has 8 rings (SSSR count). The number of hydrogen-bond donors (Lipinski definition) is 1. The Hall–Kier alpha value is -3.29. The number of aliphatic hydroxyl groups is 1. The lowest BCUT2D eigenvalue weighted by atomic mass is 10.0. The van der Waals surface area contributed by atoms with E-state index in [1.165, 1.54) is 23.1 Å². The number of hydrogen-bond acceptors (Lipinski definition) is 11. The van der Waals surface area contributed by atoms with Crippen LogP contribution in [0, 0.1) is 11.7 Å². The van der Waals surface area contributed by atoms with Crippen molar-refractivity contribution in [3.05, 3.63) is 42.3 Å². The maximum absolute atomic E-state index is 15.3. The highest BCUT2D eigenvalue weighted by Crippen LogP contribution is 2.81. The van der Waals surface area contributed by atoms with Crippen molar-refractivity contribution >= 4 is 19.6 Å². The fraction of sp³-hybridized carbons (Fsp3) is 0.381. The Bertz CT molecular complexity index is 1450. The molecule has 5 aliphatic rings. The predicted molar refractivity (Wildman–Crippen MR) is 116 cm³/mol. The molecular weight excluding hydrogens is 498 g/mol. The summed E-state index contributed by atoms with van der Waals surface area (Å²) in [5.41, 5.74) is 1.16. The van der Waals surface area contributed by atoms with Gasteiger partial charge in [0.1, 0.15) is 17.6 Å². The Kier molecular flexibility index (Phi) is 4.35. The van der Waals surface area contributed by atoms with Gasteiger partial charge < -0.3 is 9.84 Å². The van der Waals surface area contributed by atoms with E-state index in [9.17, 15) is 14.5 Å². The van der Waals surface area contributed by atoms with Gasteiger partial charge in [0.25, 0.3) is 0 Å². The number of tetrazole rings is 1. The maximum atomic E-state index is 15.3. The van der Waals surface area contributed by atoms with Gasteiger partial charge in [-0.1, -0.05) is 6.07 Å². The van der Waals surface area contributed by atoms with Gasteiger partial charge in [0.05, 0.1) is 12.2 Å². The molecule has 1 saturated carbocycles. The highest BCUT2D eigenvalue weighted by molar-refractivity contribution is 7.50. The van der Waals surface area contributed by atoms with Gasteiger partial charge in [0.2, 0.25) is 5.82 Å². The monoisotopic (exact) mass is 516 g/mol. The minimum absolute atomic E-state index is 0.00725. The topological polar surface area (TPSA) is 151 Å². The van der Waals surface area contributed by atoms with Crippen LogP contribution in [-0.4, -0.2) is 54.2 Å². The second-order valence-electron chi connectivity index (χ2n) is 8.85. The fourth-order valence-electron chi connectivity index (χ4n) is 4.66. The molecule has 15 heteroatoms. The zero-order valence-corrected chi connectivity index (χ0v) is 19.5. The summed E-state index contributed by atoms with van der Waals surface area (Å²) < 4.78 is 49.3. The van der Waals surface area contributed by atoms with Crippen LogP contribution in [0.1, 0.15) is 19.8 Å². The van der Waals surface area contributed by atoms with Crippen LogP contribution in [-0.2, 0) is 29.4 Å². The summed E-state index contributed by atoms with van der Waals surface area (Å²) in [6, 6.07) is 7.29. The molecule has 5 fully saturated rings. The number of aromatic nitrogens is 5. The van der Waals surface area contributed by atoms with E-state index in [0.717, 1.165) is 11.0 Å². The third kappa shape index (κ3) is 2.84. The van der Waals surface area contributed by atoms with Crippen LogP contribution in [0.15, 0.2) is 36.5 Å². The van der Waals surface area contributed by atoms with Gasteiger partial charge in [-0.05, 0) is 55.2 Å². The Morgan fingerprint density at radius 1 is 1.25 bits per heavy atom. The molecule has 6 heterocycles. The third-order valence-corrected chi connectivity index (χ3v) is 8.02. The van der Waals surface area contributed by atoms with Gasteiger partial charge in [-0.25, -0.2) is 32.2 Å². The first-order valence-corrected chi connectivity index (χ1v) is 12.7. The summed E-state index contributed by atoms with van der Waals surface area (Å²) in [5, 5.41) is 22.8. The van der Waals surface area contributed by atoms with Crippen molar-refractivity contribution in [2.45, 2.75) is 44.1 Å². The number of anilines is 1. The van der Waals surface area contributed by atoms with Gasteiger partial charge in [0, 0.05) is 17.3 Å². The standard InChI is InChI=1S/C21H18FN6O7P/c1-2-27-25-18(24-26-27)16-8-5-12(10-23-16)14-7-6-13(9-15(14)22)28-19(30)32-20(17(29)11-3-4-11)21(28)34-36(31,33-20)35-21/h5-11,17,29H,2-4H2,1H3/t17-,20-,21?,36?/m0/s1. The van der Waals surface area contributed by atoms with Crippen LogP contribution in [0.25, 0.3) is 22.6 Å². The van der Waals surface area contributed by atoms with E-state index in [2.05, 4.69) is 20.4 Å². The lowest BCUT2D eigenvalue weighted by Gasteiger charge is -2.40. The SMILES string of the molecule is CCn1nnc(-c2ccc(-c3ccc(N4C(=O)O[C@@]5([C@@H](O)C6CC6)OP6(=O)OC45O6)cc3F)cn2)n1. The Morgan fingerprint density at radius 3 is 2.69 bits per heavy atom. The van der Waals surface area contributed by atoms with E-state index in [0.29, 0.717) is 36.5 Å². The molecule has 2 aromatic heterocycles. The number of pyridine rings is 1. The zero-order valence-electron chi connectivity index (χ0n) is 18.6. The number of phosphoric acid groups is 1. The first-order chi connectivity index (χ1) is 17.3. The van der Waals surface area contributed by atoms with E-state index in [1.807, 2.05) is 6.92 Å². The number of aryl methyl sites for hydroxylation is 1. The molecule has 0 unspecified atom stereocenters. The first-order valence-electron chi connectivity index (χ1n) is 11.3. The Morgan fingerprint density at radius 2 is 2.06 bits per heavy atom. The van der Waals surface area contributed by atoms with Crippen molar-refractivity contribution in [1.29, 1.82) is 0 Å². The quantitative estimate of drug-likeness (QED) is 0.482. The van der Waals surface area contributed by atoms with Crippen molar-refractivity contribution in [1.82, 2.24) is 25.2 Å². The fourth-order valence-corrected chi connectivity index (χ4v) is 6.36. The van der Waals surface area contributed by atoms with Gasteiger partial charge in [-0.2, -0.15) is 4.80 Å². The number of aliphatic hydroxyl groups excluding tert-OH is 1. The number of benzene rings is 1. The predicted octanol–water partition coefficient (Wildman–Crippen LogP) is 2.82. The molecule has 1 amide bonds. The van der Waals surface area contributed by atoms with Crippen molar-refractivity contribution in [2.75, 3.05) is 4.90 Å². The first kappa shape index (κ1) is 21.9. The highest BCUT2D eigenvalue weighted by Gasteiger charge is 2.91. The second kappa shape index (κ2) is 7.14. The molecule has 1 N–H and O–H groups in total. The van der Waals surface area contributed by atoms with E-state index < -0.39 is 37.5 Å². The molecule has 4 aliphatic heterocycles. The molecule has 1 aliphatic carbocycles. The van der Waals surface area contributed by atoms with Crippen molar-refractivity contribution < 1.29 is 37.2 Å². The van der Waals surface area contributed by atoms with E-state index in [1.54, 1.807) is 12.1 Å². The highest BCUT2D eigenvalue weighted by atomic mass is 31.2. The molecule has 1 spiro atoms. The van der Waals surface area contributed by atoms with Gasteiger partial charge in [-0.3, -0.25) is 4.98 Å². The van der Waals surface area contributed by atoms with Gasteiger partial charge >= 0.3 is 25.6 Å². The van der Waals surface area contributed by atoms with Crippen LogP contribution >= 0.6 is 7.82 Å². The van der Waals surface area contributed by atoms with E-state index in [-0.39, 0.29) is 17.2 Å². The average molecular weight is 516 g/mol. The largest absolute Gasteiger partial charge is 0.486 e. The number of rotatable bonds is 6. The van der Waals surface area contributed by atoms with Crippen LogP contribution in [0.4, 0.5) is 14.9 Å². The minimum Gasteiger partial charge on any atom is -0.405 e. The molecule has 186 valence electrons. The number of carbonyl (C=O) groups is 1. The molecule has 13 nitrogen and oxygen atoms in total. The molecular formula is C21H18FN6O7P. The lowest BCUT2D eigenvalue weighted by Crippen LogP contribution is -2.64. The normalized spacial score (nSPS) is 31.2. The summed E-state index contributed by atoms with van der Waals surface area (Å²) in [5.74, 6) is -4.79. The van der Waals surface area contributed by atoms with E-state index in [4.69, 9.17) is 18.3 Å². The minimum atomic E-state index is -4.00. The summed E-state index contributed by atoms with van der Waals surface area (Å²) >= 11 is 0. The Balaban J connectivity index is 1.20. The molecule has 4 saturated heterocycles. The second-order valence-corrected chi connectivity index (χ2v) is 10.3. The maximum Gasteiger partial charge on any atom is 0.486 e. The van der Waals surface area contributed by atoms with Crippen molar-refractivity contribution in [2.24, 2.45) is 5.92 Å². The smallest absolute Gasteiger partial charge is 0.405 e. The lowest BCUT2D eigenvalue weighted by molar-refractivity contribution is -0.284. The summed E-state index contributed by atoms with van der Waals surface area (Å²) in [6.45, 7) is 2.45. The summed E-state index contributed by atoms with van der Waals surface area (Å²) in [7, 11) is -4.00. The number of ether oxygens (including phenoxy) is 1. The molecule has 0 radical (unpaired) electrons. The zero-order chi connectivity index (χ0) is 24.9. The van der Waals surface area contributed by atoms with Crippen LogP contribution in [0.2, 0.25) is 0 Å². The van der Waals surface area contributed by atoms with E-state index >= 15 is 4.39 Å². The average Bonchev–Trinajstić information content (AvgIpc) is 3.36. The summed E-state index contributed by atoms with van der Waals surface area (Å²) in [6.07, 6.45) is 0.498. The molecule has 1 aromatic carbocycles. The van der Waals surface area contributed by atoms with Gasteiger partial charge in [-0.15, -0.1) is 10.2 Å². The molecule has 3 aromatic rings. The number of phosphoric ester groups is 1. The molecule has 2 atom stereocenters. The number of nitrogens with zero attached hydrogens (tertiary/aromatic N) is 6. The van der Waals surface area contributed by atoms with Crippen molar-refractivity contribution in [3.63, 3.8) is 0 Å². The number of carbonyl (C=O) groups excluding carboxylic acids is 1. The van der Waals surface area contributed by atoms with Crippen LogP contribution in [0.5, 0.6) is 0 Å².